The third-order valence-corrected chi connectivity index (χ3v) is 24.8. The highest BCUT2D eigenvalue weighted by molar-refractivity contribution is 8.44. The molecule has 2 aliphatic heterocycles. The van der Waals surface area contributed by atoms with E-state index in [1.165, 1.54) is 23.4 Å². The number of carbonyl (C=O) groups excluding carboxylic acids is 1. The molecule has 6 rings (SSSR count). The standard InChI is InChI=1S/C39H62N8O14P2SSi2/c1-22(2)36(48)45-39-44-35-32(37(49)46-39)43-21-47(35)38-34-33(60-66(25(7)8,26(9)10)61-65(52,23(3)4)24(5)6)30(57-38)19-55-63(51,64)58-29-17-28(56-31-12-14-41-20-42-31)16-27(29)18-54-62(50,59-34)53-15-11-13-40/h12,14,20-30,33-34,38,52H,11,15-19H2,1-10H3,(H,51,64)(H2,44,45,46,48,49)/t27-,28-,29+,30-,33-,34-,38-,62?,63+/m1/s1. The van der Waals surface area contributed by atoms with Gasteiger partial charge >= 0.3 is 31.7 Å². The van der Waals surface area contributed by atoms with E-state index >= 15 is 4.57 Å². The minimum absolute atomic E-state index is 0.0698. The highest BCUT2D eigenvalue weighted by atomic mass is 32.7. The number of hydrogen-bond donors (Lipinski definition) is 4. The summed E-state index contributed by atoms with van der Waals surface area (Å²) in [6.45, 7) is 13.2. The lowest BCUT2D eigenvalue weighted by Gasteiger charge is -2.47. The number of imidazole rings is 1. The highest BCUT2D eigenvalue weighted by Crippen LogP contribution is 2.60. The zero-order valence-electron chi connectivity index (χ0n) is 38.8. The van der Waals surface area contributed by atoms with Crippen molar-refractivity contribution in [1.82, 2.24) is 29.5 Å². The van der Waals surface area contributed by atoms with Crippen LogP contribution in [-0.4, -0.2) is 108 Å². The molecule has 3 aromatic rings. The van der Waals surface area contributed by atoms with E-state index < -0.39 is 98.4 Å². The Morgan fingerprint density at radius 1 is 1.03 bits per heavy atom. The summed E-state index contributed by atoms with van der Waals surface area (Å²) >= 11 is 4.41. The van der Waals surface area contributed by atoms with Crippen LogP contribution >= 0.6 is 26.9 Å². The number of thiol groups is 1. The van der Waals surface area contributed by atoms with Crippen LogP contribution in [0, 0.1) is 23.2 Å². The maximum atomic E-state index is 15.3. The molecule has 2 saturated heterocycles. The number of carbonyl (C=O) groups is 1. The van der Waals surface area contributed by atoms with Gasteiger partial charge in [-0.1, -0.05) is 81.5 Å². The fourth-order valence-electron chi connectivity index (χ4n) is 8.29. The molecule has 2 bridgehead atoms. The van der Waals surface area contributed by atoms with Crippen molar-refractivity contribution >= 4 is 67.0 Å². The Bertz CT molecular complexity index is 2340. The van der Waals surface area contributed by atoms with Crippen molar-refractivity contribution in [3.63, 3.8) is 0 Å². The third kappa shape index (κ3) is 11.7. The molecule has 3 aliphatic rings. The van der Waals surface area contributed by atoms with Crippen LogP contribution in [0.25, 0.3) is 11.2 Å². The Kier molecular flexibility index (Phi) is 17.0. The van der Waals surface area contributed by atoms with Crippen LogP contribution < -0.4 is 15.6 Å². The second kappa shape index (κ2) is 21.4. The average molecular weight is 1020 g/mol. The summed E-state index contributed by atoms with van der Waals surface area (Å²) in [6, 6.07) is 3.56. The number of fused-ring (bicyclic) bond motifs is 4. The number of rotatable bonds is 16. The molecule has 0 spiro atoms. The van der Waals surface area contributed by atoms with Gasteiger partial charge < -0.3 is 22.8 Å². The summed E-state index contributed by atoms with van der Waals surface area (Å²) in [7, 11) is -12.1. The Balaban J connectivity index is 1.51. The summed E-state index contributed by atoms with van der Waals surface area (Å²) < 4.78 is 89.1. The molecule has 22 nitrogen and oxygen atoms in total. The van der Waals surface area contributed by atoms with Crippen LogP contribution in [-0.2, 0) is 49.8 Å². The Morgan fingerprint density at radius 2 is 1.74 bits per heavy atom. The predicted octanol–water partition coefficient (Wildman–Crippen LogP) is 7.07. The van der Waals surface area contributed by atoms with Crippen LogP contribution in [0.1, 0.15) is 94.7 Å². The zero-order valence-corrected chi connectivity index (χ0v) is 43.4. The van der Waals surface area contributed by atoms with Gasteiger partial charge in [-0.05, 0) is 28.6 Å². The van der Waals surface area contributed by atoms with Crippen molar-refractivity contribution in [2.24, 2.45) is 11.8 Å². The fraction of sp³-hybridized carbons (Fsp3) is 0.718. The summed E-state index contributed by atoms with van der Waals surface area (Å²) in [4.78, 5) is 58.1. The summed E-state index contributed by atoms with van der Waals surface area (Å²) in [6.07, 6.45) is -2.55. The van der Waals surface area contributed by atoms with Crippen molar-refractivity contribution in [3.8, 4) is 11.9 Å². The molecule has 3 N–H and O–H groups in total. The van der Waals surface area contributed by atoms with Crippen molar-refractivity contribution < 1.29 is 59.4 Å². The molecule has 66 heavy (non-hydrogen) atoms. The number of amides is 1. The molecule has 3 aromatic heterocycles. The largest absolute Gasteiger partial charge is 0.475 e. The summed E-state index contributed by atoms with van der Waals surface area (Å²) in [5.41, 5.74) is -2.09. The molecule has 9 atom stereocenters. The van der Waals surface area contributed by atoms with Crippen molar-refractivity contribution in [2.45, 2.75) is 147 Å². The van der Waals surface area contributed by atoms with E-state index in [1.54, 1.807) is 19.9 Å². The topological polar surface area (TPSA) is 280 Å². The van der Waals surface area contributed by atoms with Gasteiger partial charge in [-0.25, -0.2) is 24.1 Å². The molecule has 3 fully saturated rings. The van der Waals surface area contributed by atoms with Gasteiger partial charge in [-0.2, -0.15) is 10.2 Å². The normalized spacial score (nSPS) is 28.9. The summed E-state index contributed by atoms with van der Waals surface area (Å²) in [5, 5.41) is 12.1. The Morgan fingerprint density at radius 3 is 2.36 bits per heavy atom. The number of nitrogens with one attached hydrogen (secondary N) is 2. The molecular weight excluding hydrogens is 955 g/mol. The first-order valence-electron chi connectivity index (χ1n) is 22.1. The molecule has 1 saturated carbocycles. The number of aromatic nitrogens is 6. The van der Waals surface area contributed by atoms with E-state index in [-0.39, 0.29) is 71.8 Å². The van der Waals surface area contributed by atoms with Gasteiger partial charge in [0.15, 0.2) is 17.4 Å². The number of aromatic amines is 1. The Labute approximate surface area is 391 Å². The third-order valence-electron chi connectivity index (χ3n) is 11.9. The van der Waals surface area contributed by atoms with E-state index in [2.05, 4.69) is 42.5 Å². The van der Waals surface area contributed by atoms with E-state index in [9.17, 15) is 24.2 Å². The van der Waals surface area contributed by atoms with E-state index in [0.717, 1.165) is 0 Å². The maximum Gasteiger partial charge on any atom is 0.475 e. The van der Waals surface area contributed by atoms with Gasteiger partial charge in [0.25, 0.3) is 5.56 Å². The van der Waals surface area contributed by atoms with Crippen molar-refractivity contribution in [3.05, 3.63) is 35.3 Å². The molecule has 0 radical (unpaired) electrons. The average Bonchev–Trinajstić information content (AvgIpc) is 3.93. The monoisotopic (exact) mass is 1020 g/mol. The molecule has 27 heteroatoms. The van der Waals surface area contributed by atoms with E-state index in [1.807, 2.05) is 61.5 Å². The number of anilines is 1. The lowest BCUT2D eigenvalue weighted by Crippen LogP contribution is -2.62. The van der Waals surface area contributed by atoms with Crippen molar-refractivity contribution in [1.29, 1.82) is 5.26 Å². The fourth-order valence-corrected chi connectivity index (χ4v) is 21.2. The molecule has 1 aliphatic carbocycles. The number of phosphoric ester groups is 1. The number of nitriles is 1. The van der Waals surface area contributed by atoms with Gasteiger partial charge in [-0.15, -0.1) is 0 Å². The van der Waals surface area contributed by atoms with Crippen molar-refractivity contribution in [2.75, 3.05) is 25.1 Å². The highest BCUT2D eigenvalue weighted by Gasteiger charge is 2.61. The second-order valence-corrected chi connectivity index (χ2v) is 31.3. The maximum absolute atomic E-state index is 15.3. The molecule has 5 heterocycles. The number of H-pyrrole nitrogens is 1. The van der Waals surface area contributed by atoms with Crippen LogP contribution in [0.4, 0.5) is 5.95 Å². The second-order valence-electron chi connectivity index (χ2n) is 18.2. The minimum atomic E-state index is -4.80. The van der Waals surface area contributed by atoms with Gasteiger partial charge in [0.2, 0.25) is 17.7 Å². The van der Waals surface area contributed by atoms with Crippen LogP contribution in [0.5, 0.6) is 5.88 Å². The van der Waals surface area contributed by atoms with Gasteiger partial charge in [0.1, 0.15) is 30.7 Å². The first-order valence-corrected chi connectivity index (χ1v) is 30.2. The van der Waals surface area contributed by atoms with Gasteiger partial charge in [0.05, 0.1) is 44.7 Å². The molecule has 0 aromatic carbocycles. The lowest BCUT2D eigenvalue weighted by molar-refractivity contribution is -0.118. The van der Waals surface area contributed by atoms with Crippen LogP contribution in [0.2, 0.25) is 22.2 Å². The van der Waals surface area contributed by atoms with Crippen LogP contribution in [0.15, 0.2) is 29.7 Å². The number of nitrogens with zero attached hydrogens (tertiary/aromatic N) is 6. The first kappa shape index (κ1) is 52.4. The van der Waals surface area contributed by atoms with Gasteiger partial charge in [-0.3, -0.25) is 47.1 Å². The molecule has 366 valence electrons. The number of phosphoric acid groups is 1. The quantitative estimate of drug-likeness (QED) is 0.0483. The smallest absolute Gasteiger partial charge is 0.474 e. The zero-order chi connectivity index (χ0) is 48.4. The predicted molar refractivity (Wildman–Crippen MR) is 247 cm³/mol. The Hall–Kier alpha value is -2.93. The number of hydrogen-bond acceptors (Lipinski definition) is 19. The molecular formula is C39H62N8O14P2SSi2. The lowest BCUT2D eigenvalue weighted by atomic mass is 10.1. The SMILES string of the molecule is CC(C)C(=O)Nc1nc2c(ncn2[C@@H]2O[C@@H]3CO[P@](=O)(S)O[C@H]4C[C@H](Oc5ccncn5)C[C@@H]4COP(=O)(OCCC#N)O[C@@H]2[C@@H]3O[Si](O[Si](O)(C(C)C)C(C)C)(C(C)C)C(C)C)c(=O)[nH]1. The van der Waals surface area contributed by atoms with E-state index in [4.69, 9.17) is 40.6 Å². The van der Waals surface area contributed by atoms with Crippen LogP contribution in [0.3, 0.4) is 0 Å². The molecule has 1 amide bonds. The summed E-state index contributed by atoms with van der Waals surface area (Å²) in [5.74, 6) is -1.41. The van der Waals surface area contributed by atoms with E-state index in [0.29, 0.717) is 5.88 Å². The van der Waals surface area contributed by atoms with Gasteiger partial charge in [0, 0.05) is 30.5 Å². The number of ether oxygens (including phenoxy) is 2. The minimum Gasteiger partial charge on any atom is -0.474 e. The molecule has 1 unspecified atom stereocenters. The first-order chi connectivity index (χ1) is 31.0.